The topological polar surface area (TPSA) is 20.2 Å². The summed E-state index contributed by atoms with van der Waals surface area (Å²) >= 11 is 0. The van der Waals surface area contributed by atoms with E-state index in [0.29, 0.717) is 0 Å². The van der Waals surface area contributed by atoms with Gasteiger partial charge < -0.3 is 5.11 Å². The van der Waals surface area contributed by atoms with E-state index in [1.807, 2.05) is 32.0 Å². The number of aliphatic hydroxyl groups excluding tert-OH is 1. The third-order valence-corrected chi connectivity index (χ3v) is 3.66. The van der Waals surface area contributed by atoms with Crippen LogP contribution in [0.5, 0.6) is 0 Å². The van der Waals surface area contributed by atoms with E-state index in [-0.39, 0.29) is 17.5 Å². The van der Waals surface area contributed by atoms with Crippen LogP contribution in [0, 0.1) is 32.4 Å². The number of benzene rings is 2. The lowest BCUT2D eigenvalue weighted by atomic mass is 9.97. The Morgan fingerprint density at radius 3 is 2.20 bits per heavy atom. The standard InChI is InChI=1S/C17H18F2O/c1-10-4-6-13(8-12(10)3)9-15(20)14-7-5-11(2)16(18)17(14)19/h4-8,15,20H,9H2,1-3H3. The second-order valence-electron chi connectivity index (χ2n) is 5.24. The lowest BCUT2D eigenvalue weighted by Gasteiger charge is -2.14. The fourth-order valence-electron chi connectivity index (χ4n) is 2.18. The van der Waals surface area contributed by atoms with Gasteiger partial charge in [-0.15, -0.1) is 0 Å². The molecule has 0 aliphatic carbocycles. The van der Waals surface area contributed by atoms with Gasteiger partial charge in [-0.2, -0.15) is 0 Å². The van der Waals surface area contributed by atoms with Gasteiger partial charge in [-0.1, -0.05) is 30.3 Å². The van der Waals surface area contributed by atoms with E-state index in [9.17, 15) is 13.9 Å². The molecule has 20 heavy (non-hydrogen) atoms. The predicted octanol–water partition coefficient (Wildman–Crippen LogP) is 4.17. The predicted molar refractivity (Wildman–Crippen MR) is 75.7 cm³/mol. The van der Waals surface area contributed by atoms with E-state index < -0.39 is 17.7 Å². The van der Waals surface area contributed by atoms with E-state index in [0.717, 1.165) is 16.7 Å². The number of hydrogen-bond donors (Lipinski definition) is 1. The fourth-order valence-corrected chi connectivity index (χ4v) is 2.18. The average molecular weight is 276 g/mol. The summed E-state index contributed by atoms with van der Waals surface area (Å²) in [5, 5.41) is 10.1. The summed E-state index contributed by atoms with van der Waals surface area (Å²) < 4.78 is 27.3. The summed E-state index contributed by atoms with van der Waals surface area (Å²) in [6.45, 7) is 5.49. The van der Waals surface area contributed by atoms with Crippen molar-refractivity contribution in [1.82, 2.24) is 0 Å². The first-order valence-electron chi connectivity index (χ1n) is 6.59. The fraction of sp³-hybridized carbons (Fsp3) is 0.294. The third-order valence-electron chi connectivity index (χ3n) is 3.66. The highest BCUT2D eigenvalue weighted by Gasteiger charge is 2.18. The van der Waals surface area contributed by atoms with Crippen LogP contribution in [0.1, 0.15) is 33.9 Å². The van der Waals surface area contributed by atoms with Crippen molar-refractivity contribution in [2.75, 3.05) is 0 Å². The Kier molecular flexibility index (Phi) is 4.19. The molecule has 2 aromatic rings. The van der Waals surface area contributed by atoms with Crippen LogP contribution in [0.2, 0.25) is 0 Å². The molecule has 106 valence electrons. The molecule has 0 spiro atoms. The molecule has 2 rings (SSSR count). The maximum Gasteiger partial charge on any atom is 0.164 e. The molecule has 1 N–H and O–H groups in total. The Hall–Kier alpha value is -1.74. The first-order valence-corrected chi connectivity index (χ1v) is 6.59. The first kappa shape index (κ1) is 14.7. The second kappa shape index (κ2) is 5.71. The quantitative estimate of drug-likeness (QED) is 0.892. The maximum atomic E-state index is 13.8. The molecular formula is C17H18F2O. The highest BCUT2D eigenvalue weighted by Crippen LogP contribution is 2.25. The minimum absolute atomic E-state index is 0.00586. The van der Waals surface area contributed by atoms with E-state index >= 15 is 0 Å². The normalized spacial score (nSPS) is 12.5. The number of aryl methyl sites for hydroxylation is 3. The second-order valence-corrected chi connectivity index (χ2v) is 5.24. The van der Waals surface area contributed by atoms with Crippen molar-refractivity contribution >= 4 is 0 Å². The molecule has 0 heterocycles. The lowest BCUT2D eigenvalue weighted by molar-refractivity contribution is 0.172. The molecule has 0 radical (unpaired) electrons. The van der Waals surface area contributed by atoms with Crippen LogP contribution in [-0.2, 0) is 6.42 Å². The molecule has 0 saturated carbocycles. The Bertz CT molecular complexity index is 635. The van der Waals surface area contributed by atoms with Gasteiger partial charge in [0.15, 0.2) is 11.6 Å². The van der Waals surface area contributed by atoms with E-state index in [4.69, 9.17) is 0 Å². The number of aliphatic hydroxyl groups is 1. The summed E-state index contributed by atoms with van der Waals surface area (Å²) in [6, 6.07) is 8.75. The van der Waals surface area contributed by atoms with Gasteiger partial charge in [0.1, 0.15) is 0 Å². The van der Waals surface area contributed by atoms with Crippen LogP contribution in [0.3, 0.4) is 0 Å². The molecule has 0 fully saturated rings. The van der Waals surface area contributed by atoms with Gasteiger partial charge in [0.05, 0.1) is 6.10 Å². The van der Waals surface area contributed by atoms with Gasteiger partial charge in [0.2, 0.25) is 0 Å². The summed E-state index contributed by atoms with van der Waals surface area (Å²) in [6.07, 6.45) is -0.784. The molecule has 1 atom stereocenters. The number of halogens is 2. The van der Waals surface area contributed by atoms with Crippen molar-refractivity contribution in [3.05, 3.63) is 69.8 Å². The summed E-state index contributed by atoms with van der Waals surface area (Å²) in [4.78, 5) is 0. The summed E-state index contributed by atoms with van der Waals surface area (Å²) in [5.74, 6) is -1.84. The molecule has 3 heteroatoms. The van der Waals surface area contributed by atoms with Crippen molar-refractivity contribution in [1.29, 1.82) is 0 Å². The average Bonchev–Trinajstić information content (AvgIpc) is 2.40. The Morgan fingerprint density at radius 1 is 0.900 bits per heavy atom. The molecule has 0 aromatic heterocycles. The Morgan fingerprint density at radius 2 is 1.55 bits per heavy atom. The third kappa shape index (κ3) is 2.88. The molecule has 0 bridgehead atoms. The molecule has 0 amide bonds. The van der Waals surface area contributed by atoms with Gasteiger partial charge in [-0.05, 0) is 43.0 Å². The van der Waals surface area contributed by atoms with Gasteiger partial charge in [-0.25, -0.2) is 8.78 Å². The summed E-state index contributed by atoms with van der Waals surface area (Å²) in [7, 11) is 0. The van der Waals surface area contributed by atoms with Gasteiger partial charge in [0.25, 0.3) is 0 Å². The maximum absolute atomic E-state index is 13.8. The zero-order valence-electron chi connectivity index (χ0n) is 11.9. The molecule has 0 saturated heterocycles. The van der Waals surface area contributed by atoms with E-state index in [1.54, 1.807) is 0 Å². The van der Waals surface area contributed by atoms with Crippen LogP contribution >= 0.6 is 0 Å². The van der Waals surface area contributed by atoms with E-state index in [1.165, 1.54) is 19.1 Å². The van der Waals surface area contributed by atoms with Gasteiger partial charge in [0, 0.05) is 12.0 Å². The molecule has 1 nitrogen and oxygen atoms in total. The highest BCUT2D eigenvalue weighted by atomic mass is 19.2. The largest absolute Gasteiger partial charge is 0.388 e. The van der Waals surface area contributed by atoms with Crippen LogP contribution in [0.25, 0.3) is 0 Å². The molecule has 2 aromatic carbocycles. The van der Waals surface area contributed by atoms with Crippen molar-refractivity contribution in [2.24, 2.45) is 0 Å². The molecule has 0 aliphatic heterocycles. The van der Waals surface area contributed by atoms with Crippen LogP contribution < -0.4 is 0 Å². The highest BCUT2D eigenvalue weighted by molar-refractivity contribution is 5.32. The minimum atomic E-state index is -1.05. The minimum Gasteiger partial charge on any atom is -0.388 e. The first-order chi connectivity index (χ1) is 9.40. The van der Waals surface area contributed by atoms with Crippen molar-refractivity contribution < 1.29 is 13.9 Å². The van der Waals surface area contributed by atoms with Crippen molar-refractivity contribution in [3.63, 3.8) is 0 Å². The van der Waals surface area contributed by atoms with Crippen molar-refractivity contribution in [3.8, 4) is 0 Å². The van der Waals surface area contributed by atoms with Gasteiger partial charge >= 0.3 is 0 Å². The molecule has 1 unspecified atom stereocenters. The number of rotatable bonds is 3. The van der Waals surface area contributed by atoms with Crippen molar-refractivity contribution in [2.45, 2.75) is 33.3 Å². The van der Waals surface area contributed by atoms with E-state index in [2.05, 4.69) is 0 Å². The van der Waals surface area contributed by atoms with Gasteiger partial charge in [-0.3, -0.25) is 0 Å². The smallest absolute Gasteiger partial charge is 0.164 e. The lowest BCUT2D eigenvalue weighted by Crippen LogP contribution is -2.07. The zero-order valence-corrected chi connectivity index (χ0v) is 11.9. The monoisotopic (exact) mass is 276 g/mol. The molecule has 0 aliphatic rings. The zero-order chi connectivity index (χ0) is 14.9. The van der Waals surface area contributed by atoms with Crippen LogP contribution in [0.4, 0.5) is 8.78 Å². The Balaban J connectivity index is 2.26. The van der Waals surface area contributed by atoms with Crippen LogP contribution in [-0.4, -0.2) is 5.11 Å². The SMILES string of the molecule is Cc1ccc(CC(O)c2ccc(C)c(F)c2F)cc1C. The molecular weight excluding hydrogens is 258 g/mol. The number of hydrogen-bond acceptors (Lipinski definition) is 1. The Labute approximate surface area is 117 Å². The summed E-state index contributed by atoms with van der Waals surface area (Å²) in [5.41, 5.74) is 3.43. The van der Waals surface area contributed by atoms with Crippen LogP contribution in [0.15, 0.2) is 30.3 Å².